The van der Waals surface area contributed by atoms with Gasteiger partial charge in [-0.25, -0.2) is 9.78 Å². The summed E-state index contributed by atoms with van der Waals surface area (Å²) in [5.74, 6) is -1.06. The van der Waals surface area contributed by atoms with E-state index in [0.717, 1.165) is 17.7 Å². The van der Waals surface area contributed by atoms with Gasteiger partial charge in [0.25, 0.3) is 5.91 Å². The lowest BCUT2D eigenvalue weighted by Gasteiger charge is -2.12. The molecule has 2 N–H and O–H groups in total. The molecular formula is C22H22N2O4S. The molecule has 0 saturated heterocycles. The third-order valence-electron chi connectivity index (χ3n) is 4.42. The maximum atomic E-state index is 12.4. The van der Waals surface area contributed by atoms with Crippen LogP contribution in [0.5, 0.6) is 0 Å². The Morgan fingerprint density at radius 3 is 2.38 bits per heavy atom. The van der Waals surface area contributed by atoms with Crippen molar-refractivity contribution < 1.29 is 19.4 Å². The van der Waals surface area contributed by atoms with Crippen molar-refractivity contribution in [1.29, 1.82) is 0 Å². The summed E-state index contributed by atoms with van der Waals surface area (Å²) >= 11 is 1.31. The van der Waals surface area contributed by atoms with Crippen molar-refractivity contribution in [2.45, 2.75) is 33.0 Å². The van der Waals surface area contributed by atoms with Crippen molar-refractivity contribution in [2.75, 3.05) is 5.32 Å². The van der Waals surface area contributed by atoms with Crippen molar-refractivity contribution in [3.05, 3.63) is 70.6 Å². The van der Waals surface area contributed by atoms with Gasteiger partial charge >= 0.3 is 5.97 Å². The monoisotopic (exact) mass is 410 g/mol. The molecule has 150 valence electrons. The average Bonchev–Trinajstić information content (AvgIpc) is 3.22. The molecule has 0 fully saturated rings. The predicted octanol–water partition coefficient (Wildman–Crippen LogP) is 4.05. The van der Waals surface area contributed by atoms with Gasteiger partial charge in [0.05, 0.1) is 17.9 Å². The molecule has 0 aliphatic carbocycles. The topological polar surface area (TPSA) is 88.5 Å². The van der Waals surface area contributed by atoms with E-state index in [9.17, 15) is 9.59 Å². The van der Waals surface area contributed by atoms with Crippen LogP contribution >= 0.6 is 11.3 Å². The van der Waals surface area contributed by atoms with Gasteiger partial charge in [-0.15, -0.1) is 11.3 Å². The van der Waals surface area contributed by atoms with Crippen LogP contribution in [0.15, 0.2) is 53.9 Å². The molecule has 0 aliphatic rings. The second-order valence-electron chi connectivity index (χ2n) is 6.48. The number of hydrogen-bond donors (Lipinski definition) is 2. The second-order valence-corrected chi connectivity index (χ2v) is 7.34. The standard InChI is InChI=1S/C22H22N2O4S/c1-3-15-4-8-17(9-5-15)19-13-29-22(23-19)24-20(26)14(2)28-21(27)18-10-6-16(12-25)7-11-18/h4-11,13-14,25H,3,12H2,1-2H3,(H,23,24,26)/t14-/m0/s1. The number of ether oxygens (including phenoxy) is 1. The first-order valence-corrected chi connectivity index (χ1v) is 10.1. The third kappa shape index (κ3) is 5.28. The molecule has 3 aromatic rings. The van der Waals surface area contributed by atoms with Gasteiger partial charge < -0.3 is 9.84 Å². The lowest BCUT2D eigenvalue weighted by atomic mass is 10.1. The van der Waals surface area contributed by atoms with E-state index in [0.29, 0.717) is 16.3 Å². The smallest absolute Gasteiger partial charge is 0.338 e. The van der Waals surface area contributed by atoms with E-state index >= 15 is 0 Å². The fourth-order valence-corrected chi connectivity index (χ4v) is 3.33. The van der Waals surface area contributed by atoms with Gasteiger partial charge in [-0.3, -0.25) is 10.1 Å². The van der Waals surface area contributed by atoms with E-state index in [-0.39, 0.29) is 6.61 Å². The van der Waals surface area contributed by atoms with Gasteiger partial charge in [0.1, 0.15) is 0 Å². The summed E-state index contributed by atoms with van der Waals surface area (Å²) in [6.45, 7) is 3.50. The predicted molar refractivity (Wildman–Crippen MR) is 113 cm³/mol. The normalized spacial score (nSPS) is 11.7. The minimum absolute atomic E-state index is 0.104. The van der Waals surface area contributed by atoms with E-state index < -0.39 is 18.0 Å². The van der Waals surface area contributed by atoms with Crippen LogP contribution < -0.4 is 5.32 Å². The molecule has 0 unspecified atom stereocenters. The number of esters is 1. The molecule has 7 heteroatoms. The highest BCUT2D eigenvalue weighted by atomic mass is 32.1. The Balaban J connectivity index is 1.59. The molecule has 0 aliphatic heterocycles. The van der Waals surface area contributed by atoms with Crippen molar-refractivity contribution in [3.63, 3.8) is 0 Å². The van der Waals surface area contributed by atoms with Gasteiger partial charge in [0.15, 0.2) is 11.2 Å². The Bertz CT molecular complexity index is 981. The zero-order valence-electron chi connectivity index (χ0n) is 16.2. The van der Waals surface area contributed by atoms with Gasteiger partial charge in [-0.1, -0.05) is 43.3 Å². The van der Waals surface area contributed by atoms with E-state index in [1.165, 1.54) is 23.8 Å². The highest BCUT2D eigenvalue weighted by Crippen LogP contribution is 2.25. The number of anilines is 1. The lowest BCUT2D eigenvalue weighted by Crippen LogP contribution is -2.30. The second kappa shape index (κ2) is 9.45. The molecular weight excluding hydrogens is 388 g/mol. The molecule has 2 aromatic carbocycles. The number of thiazole rings is 1. The van der Waals surface area contributed by atoms with Gasteiger partial charge in [0.2, 0.25) is 0 Å². The lowest BCUT2D eigenvalue weighted by molar-refractivity contribution is -0.123. The van der Waals surface area contributed by atoms with Gasteiger partial charge in [-0.05, 0) is 36.6 Å². The SMILES string of the molecule is CCc1ccc(-c2csc(NC(=O)[C@H](C)OC(=O)c3ccc(CO)cc3)n2)cc1. The first-order chi connectivity index (χ1) is 14.0. The van der Waals surface area contributed by atoms with Gasteiger partial charge in [-0.2, -0.15) is 0 Å². The quantitative estimate of drug-likeness (QED) is 0.574. The first-order valence-electron chi connectivity index (χ1n) is 9.26. The molecule has 1 atom stereocenters. The maximum Gasteiger partial charge on any atom is 0.338 e. The number of aliphatic hydroxyl groups is 1. The largest absolute Gasteiger partial charge is 0.449 e. The zero-order chi connectivity index (χ0) is 20.8. The Hall–Kier alpha value is -3.03. The van der Waals surface area contributed by atoms with Crippen LogP contribution in [0.3, 0.4) is 0 Å². The fraction of sp³-hybridized carbons (Fsp3) is 0.227. The minimum atomic E-state index is -0.976. The van der Waals surface area contributed by atoms with Crippen LogP contribution in [0.1, 0.15) is 35.3 Å². The van der Waals surface area contributed by atoms with Crippen LogP contribution in [0.2, 0.25) is 0 Å². The Morgan fingerprint density at radius 1 is 1.10 bits per heavy atom. The number of amides is 1. The molecule has 3 rings (SSSR count). The molecule has 0 spiro atoms. The highest BCUT2D eigenvalue weighted by molar-refractivity contribution is 7.14. The van der Waals surface area contributed by atoms with Crippen LogP contribution in [-0.2, 0) is 22.6 Å². The highest BCUT2D eigenvalue weighted by Gasteiger charge is 2.20. The summed E-state index contributed by atoms with van der Waals surface area (Å²) in [4.78, 5) is 29.0. The number of aromatic nitrogens is 1. The van der Waals surface area contributed by atoms with Gasteiger partial charge in [0, 0.05) is 10.9 Å². The number of aryl methyl sites for hydroxylation is 1. The van der Waals surface area contributed by atoms with Crippen LogP contribution in [0, 0.1) is 0 Å². The Morgan fingerprint density at radius 2 is 1.76 bits per heavy atom. The summed E-state index contributed by atoms with van der Waals surface area (Å²) in [6.07, 6.45) is -0.00268. The van der Waals surface area contributed by atoms with Crippen molar-refractivity contribution in [1.82, 2.24) is 4.98 Å². The summed E-state index contributed by atoms with van der Waals surface area (Å²) < 4.78 is 5.22. The van der Waals surface area contributed by atoms with E-state index in [1.54, 1.807) is 24.3 Å². The van der Waals surface area contributed by atoms with Crippen molar-refractivity contribution >= 4 is 28.3 Å². The van der Waals surface area contributed by atoms with Crippen LogP contribution in [0.25, 0.3) is 11.3 Å². The van der Waals surface area contributed by atoms with Crippen molar-refractivity contribution in [3.8, 4) is 11.3 Å². The van der Waals surface area contributed by atoms with Crippen LogP contribution in [-0.4, -0.2) is 28.1 Å². The molecule has 0 saturated carbocycles. The number of carbonyl (C=O) groups excluding carboxylic acids is 2. The molecule has 1 heterocycles. The maximum absolute atomic E-state index is 12.4. The Kier molecular flexibility index (Phi) is 6.74. The average molecular weight is 410 g/mol. The third-order valence-corrected chi connectivity index (χ3v) is 5.18. The molecule has 1 amide bonds. The van der Waals surface area contributed by atoms with Crippen molar-refractivity contribution in [2.24, 2.45) is 0 Å². The number of carbonyl (C=O) groups is 2. The molecule has 29 heavy (non-hydrogen) atoms. The minimum Gasteiger partial charge on any atom is -0.449 e. The van der Waals surface area contributed by atoms with Crippen LogP contribution in [0.4, 0.5) is 5.13 Å². The molecule has 1 aromatic heterocycles. The number of hydrogen-bond acceptors (Lipinski definition) is 6. The van der Waals surface area contributed by atoms with E-state index in [2.05, 4.69) is 29.4 Å². The number of rotatable bonds is 7. The zero-order valence-corrected chi connectivity index (χ0v) is 17.0. The summed E-state index contributed by atoms with van der Waals surface area (Å²) in [5, 5.41) is 14.1. The molecule has 0 bridgehead atoms. The Labute approximate surface area is 173 Å². The van der Waals surface area contributed by atoms with E-state index in [1.807, 2.05) is 17.5 Å². The number of nitrogens with zero attached hydrogens (tertiary/aromatic N) is 1. The molecule has 6 nitrogen and oxygen atoms in total. The number of nitrogens with one attached hydrogen (secondary N) is 1. The summed E-state index contributed by atoms with van der Waals surface area (Å²) in [5.41, 5.74) is 4.01. The van der Waals surface area contributed by atoms with E-state index in [4.69, 9.17) is 9.84 Å². The number of aliphatic hydroxyl groups excluding tert-OH is 1. The first kappa shape index (κ1) is 20.7. The summed E-state index contributed by atoms with van der Waals surface area (Å²) in [7, 11) is 0. The molecule has 0 radical (unpaired) electrons. The fourth-order valence-electron chi connectivity index (χ4n) is 2.61. The number of benzene rings is 2. The summed E-state index contributed by atoms with van der Waals surface area (Å²) in [6, 6.07) is 14.5.